The lowest BCUT2D eigenvalue weighted by atomic mass is 10.1. The molecule has 0 N–H and O–H groups in total. The highest BCUT2D eigenvalue weighted by Crippen LogP contribution is 2.29. The molecule has 110 valence electrons. The topological polar surface area (TPSA) is 12.9 Å². The number of alkyl halides is 3. The molecule has 0 aliphatic rings. The summed E-state index contributed by atoms with van der Waals surface area (Å²) >= 11 is 0. The molecule has 0 spiro atoms. The van der Waals surface area contributed by atoms with Crippen LogP contribution in [-0.2, 0) is 6.18 Å². The summed E-state index contributed by atoms with van der Waals surface area (Å²) in [6, 6.07) is 14.8. The molecule has 0 fully saturated rings. The van der Waals surface area contributed by atoms with Gasteiger partial charge in [-0.05, 0) is 35.2 Å². The van der Waals surface area contributed by atoms with Crippen LogP contribution < -0.4 is 0 Å². The Labute approximate surface area is 125 Å². The number of hydrogen-bond donors (Lipinski definition) is 0. The predicted octanol–water partition coefficient (Wildman–Crippen LogP) is 5.42. The van der Waals surface area contributed by atoms with Gasteiger partial charge in [0.2, 0.25) is 0 Å². The number of rotatable bonds is 2. The van der Waals surface area contributed by atoms with E-state index in [0.29, 0.717) is 5.56 Å². The van der Waals surface area contributed by atoms with Crippen LogP contribution in [0.4, 0.5) is 13.2 Å². The molecular weight excluding hydrogens is 287 g/mol. The first-order chi connectivity index (χ1) is 10.5. The van der Waals surface area contributed by atoms with Gasteiger partial charge < -0.3 is 0 Å². The maximum Gasteiger partial charge on any atom is 0.416 e. The van der Waals surface area contributed by atoms with E-state index in [1.807, 2.05) is 36.4 Å². The molecule has 1 nitrogen and oxygen atoms in total. The molecule has 0 aliphatic carbocycles. The molecule has 1 aromatic heterocycles. The summed E-state index contributed by atoms with van der Waals surface area (Å²) in [5.41, 5.74) is 0.841. The van der Waals surface area contributed by atoms with Crippen LogP contribution >= 0.6 is 0 Å². The molecule has 2 aromatic carbocycles. The monoisotopic (exact) mass is 299 g/mol. The summed E-state index contributed by atoms with van der Waals surface area (Å²) < 4.78 is 37.6. The molecule has 0 atom stereocenters. The van der Waals surface area contributed by atoms with Gasteiger partial charge in [0.25, 0.3) is 0 Å². The lowest BCUT2D eigenvalue weighted by Crippen LogP contribution is -2.03. The maximum atomic E-state index is 12.5. The SMILES string of the molecule is FC(F)(F)c1ccc(C=Cc2nccc3ccccc23)cc1. The van der Waals surface area contributed by atoms with Crippen LogP contribution in [-0.4, -0.2) is 4.98 Å². The van der Waals surface area contributed by atoms with Gasteiger partial charge in [0.05, 0.1) is 11.3 Å². The highest BCUT2D eigenvalue weighted by molar-refractivity contribution is 5.90. The van der Waals surface area contributed by atoms with Crippen LogP contribution in [0.5, 0.6) is 0 Å². The van der Waals surface area contributed by atoms with Crippen LogP contribution in [0.25, 0.3) is 22.9 Å². The molecule has 3 rings (SSSR count). The van der Waals surface area contributed by atoms with E-state index >= 15 is 0 Å². The minimum Gasteiger partial charge on any atom is -0.256 e. The van der Waals surface area contributed by atoms with Gasteiger partial charge in [-0.15, -0.1) is 0 Å². The van der Waals surface area contributed by atoms with Crippen molar-refractivity contribution in [2.45, 2.75) is 6.18 Å². The van der Waals surface area contributed by atoms with Crippen LogP contribution in [0, 0.1) is 0 Å². The fraction of sp³-hybridized carbons (Fsp3) is 0.0556. The Hall–Kier alpha value is -2.62. The largest absolute Gasteiger partial charge is 0.416 e. The molecule has 0 amide bonds. The Morgan fingerprint density at radius 2 is 1.55 bits per heavy atom. The fourth-order valence-corrected chi connectivity index (χ4v) is 2.23. The zero-order valence-electron chi connectivity index (χ0n) is 11.5. The number of fused-ring (bicyclic) bond motifs is 1. The van der Waals surface area contributed by atoms with Crippen molar-refractivity contribution in [3.8, 4) is 0 Å². The predicted molar refractivity (Wildman–Crippen MR) is 82.1 cm³/mol. The Morgan fingerprint density at radius 3 is 2.27 bits per heavy atom. The molecule has 22 heavy (non-hydrogen) atoms. The van der Waals surface area contributed by atoms with Crippen molar-refractivity contribution in [1.29, 1.82) is 0 Å². The number of pyridine rings is 1. The van der Waals surface area contributed by atoms with Gasteiger partial charge in [-0.3, -0.25) is 4.98 Å². The van der Waals surface area contributed by atoms with E-state index in [1.54, 1.807) is 12.3 Å². The van der Waals surface area contributed by atoms with Crippen molar-refractivity contribution in [3.05, 3.63) is 77.6 Å². The number of aromatic nitrogens is 1. The minimum absolute atomic E-state index is 0.645. The summed E-state index contributed by atoms with van der Waals surface area (Å²) in [5, 5.41) is 2.08. The van der Waals surface area contributed by atoms with Gasteiger partial charge in [-0.2, -0.15) is 13.2 Å². The third-order valence-corrected chi connectivity index (χ3v) is 3.38. The summed E-state index contributed by atoms with van der Waals surface area (Å²) in [6.07, 6.45) is 0.980. The van der Waals surface area contributed by atoms with Gasteiger partial charge in [-0.25, -0.2) is 0 Å². The average Bonchev–Trinajstić information content (AvgIpc) is 2.52. The summed E-state index contributed by atoms with van der Waals surface area (Å²) in [6.45, 7) is 0. The third-order valence-electron chi connectivity index (χ3n) is 3.38. The quantitative estimate of drug-likeness (QED) is 0.615. The van der Waals surface area contributed by atoms with E-state index in [9.17, 15) is 13.2 Å². The Balaban J connectivity index is 1.90. The summed E-state index contributed by atoms with van der Waals surface area (Å²) in [5.74, 6) is 0. The second-order valence-corrected chi connectivity index (χ2v) is 4.87. The van der Waals surface area contributed by atoms with Crippen molar-refractivity contribution >= 4 is 22.9 Å². The molecule has 1 heterocycles. The van der Waals surface area contributed by atoms with Crippen molar-refractivity contribution in [2.75, 3.05) is 0 Å². The standard InChI is InChI=1S/C18H12F3N/c19-18(20,21)15-8-5-13(6-9-15)7-10-17-16-4-2-1-3-14(16)11-12-22-17/h1-12H. The molecule has 0 aliphatic heterocycles. The van der Waals surface area contributed by atoms with Crippen LogP contribution in [0.15, 0.2) is 60.8 Å². The highest BCUT2D eigenvalue weighted by Gasteiger charge is 2.29. The first-order valence-electron chi connectivity index (χ1n) is 6.73. The van der Waals surface area contributed by atoms with Gasteiger partial charge in [0.15, 0.2) is 0 Å². The third kappa shape index (κ3) is 3.01. The Bertz CT molecular complexity index is 812. The zero-order chi connectivity index (χ0) is 15.6. The minimum atomic E-state index is -4.31. The average molecular weight is 299 g/mol. The second-order valence-electron chi connectivity index (χ2n) is 4.87. The fourth-order valence-electron chi connectivity index (χ4n) is 2.23. The molecule has 3 aromatic rings. The number of halogens is 3. The lowest BCUT2D eigenvalue weighted by Gasteiger charge is -2.06. The van der Waals surface area contributed by atoms with Gasteiger partial charge in [0, 0.05) is 11.6 Å². The normalized spacial score (nSPS) is 12.1. The molecule has 0 unspecified atom stereocenters. The lowest BCUT2D eigenvalue weighted by molar-refractivity contribution is -0.137. The van der Waals surface area contributed by atoms with E-state index in [1.165, 1.54) is 12.1 Å². The van der Waals surface area contributed by atoms with E-state index in [0.717, 1.165) is 28.6 Å². The second kappa shape index (κ2) is 5.64. The number of hydrogen-bond acceptors (Lipinski definition) is 1. The van der Waals surface area contributed by atoms with Crippen LogP contribution in [0.2, 0.25) is 0 Å². The number of nitrogens with zero attached hydrogens (tertiary/aromatic N) is 1. The van der Waals surface area contributed by atoms with Crippen LogP contribution in [0.1, 0.15) is 16.8 Å². The van der Waals surface area contributed by atoms with Crippen molar-refractivity contribution in [2.24, 2.45) is 0 Å². The molecule has 4 heteroatoms. The van der Waals surface area contributed by atoms with Crippen molar-refractivity contribution in [1.82, 2.24) is 4.98 Å². The van der Waals surface area contributed by atoms with Crippen LogP contribution in [0.3, 0.4) is 0 Å². The number of benzene rings is 2. The zero-order valence-corrected chi connectivity index (χ0v) is 11.5. The van der Waals surface area contributed by atoms with Crippen molar-refractivity contribution in [3.63, 3.8) is 0 Å². The molecule has 0 radical (unpaired) electrons. The Kier molecular flexibility index (Phi) is 3.67. The van der Waals surface area contributed by atoms with E-state index in [2.05, 4.69) is 4.98 Å². The Morgan fingerprint density at radius 1 is 0.818 bits per heavy atom. The summed E-state index contributed by atoms with van der Waals surface area (Å²) in [4.78, 5) is 4.31. The molecule has 0 bridgehead atoms. The first-order valence-corrected chi connectivity index (χ1v) is 6.73. The molecule has 0 saturated heterocycles. The van der Waals surface area contributed by atoms with Gasteiger partial charge >= 0.3 is 6.18 Å². The summed E-state index contributed by atoms with van der Waals surface area (Å²) in [7, 11) is 0. The van der Waals surface area contributed by atoms with E-state index < -0.39 is 11.7 Å². The molecular formula is C18H12F3N. The van der Waals surface area contributed by atoms with E-state index in [4.69, 9.17) is 0 Å². The van der Waals surface area contributed by atoms with Crippen molar-refractivity contribution < 1.29 is 13.2 Å². The van der Waals surface area contributed by atoms with Gasteiger partial charge in [-0.1, -0.05) is 42.5 Å². The smallest absolute Gasteiger partial charge is 0.256 e. The van der Waals surface area contributed by atoms with Gasteiger partial charge in [0.1, 0.15) is 0 Å². The maximum absolute atomic E-state index is 12.5. The molecule has 0 saturated carbocycles. The highest BCUT2D eigenvalue weighted by atomic mass is 19.4. The first kappa shape index (κ1) is 14.3. The van der Waals surface area contributed by atoms with E-state index in [-0.39, 0.29) is 0 Å².